The molecule has 2 saturated carbocycles. The lowest BCUT2D eigenvalue weighted by atomic mass is 9.68. The predicted octanol–water partition coefficient (Wildman–Crippen LogP) is 4.80. The van der Waals surface area contributed by atoms with Crippen molar-refractivity contribution in [3.05, 3.63) is 73.8 Å². The standard InChI is InChI=1S/C20H19N3O4/c24-22(25)14-3-1-2-13(9-14)20-19-12-5-4-11(8-12)18(19)16-10-15(23(26)27)6-7-17(16)21-20/h1-3,6-7,9-12,18-21H,4-5,8H2/t11-,12-,18+,19+,20-/m0/s1. The van der Waals surface area contributed by atoms with E-state index in [0.717, 1.165) is 29.7 Å². The number of hydrogen-bond donors (Lipinski definition) is 1. The number of benzene rings is 2. The van der Waals surface area contributed by atoms with Gasteiger partial charge in [0.1, 0.15) is 0 Å². The number of nitrogens with one attached hydrogen (secondary N) is 1. The van der Waals surface area contributed by atoms with Crippen molar-refractivity contribution in [1.29, 1.82) is 0 Å². The summed E-state index contributed by atoms with van der Waals surface area (Å²) in [6.07, 6.45) is 3.48. The third-order valence-electron chi connectivity index (χ3n) is 6.72. The average molecular weight is 365 g/mol. The van der Waals surface area contributed by atoms with Crippen LogP contribution in [0, 0.1) is 38.0 Å². The Morgan fingerprint density at radius 2 is 1.67 bits per heavy atom. The van der Waals surface area contributed by atoms with E-state index >= 15 is 0 Å². The van der Waals surface area contributed by atoms with Gasteiger partial charge in [-0.1, -0.05) is 12.1 Å². The zero-order valence-electron chi connectivity index (χ0n) is 14.6. The maximum Gasteiger partial charge on any atom is 0.269 e. The molecule has 5 atom stereocenters. The average Bonchev–Trinajstić information content (AvgIpc) is 3.29. The topological polar surface area (TPSA) is 98.3 Å². The van der Waals surface area contributed by atoms with Gasteiger partial charge in [-0.05, 0) is 60.1 Å². The summed E-state index contributed by atoms with van der Waals surface area (Å²) in [5, 5.41) is 26.0. The zero-order chi connectivity index (χ0) is 18.7. The highest BCUT2D eigenvalue weighted by Crippen LogP contribution is 2.64. The van der Waals surface area contributed by atoms with Gasteiger partial charge in [0.05, 0.1) is 15.9 Å². The molecular weight excluding hydrogens is 346 g/mol. The maximum atomic E-state index is 11.2. The first-order chi connectivity index (χ1) is 13.0. The maximum absolute atomic E-state index is 11.2. The van der Waals surface area contributed by atoms with Crippen LogP contribution in [0.2, 0.25) is 0 Å². The second-order valence-electron chi connectivity index (χ2n) is 7.94. The molecule has 0 saturated heterocycles. The molecule has 7 heteroatoms. The molecular formula is C20H19N3O4. The van der Waals surface area contributed by atoms with Gasteiger partial charge in [-0.2, -0.15) is 0 Å². The quantitative estimate of drug-likeness (QED) is 0.622. The van der Waals surface area contributed by atoms with E-state index in [0.29, 0.717) is 17.8 Å². The lowest BCUT2D eigenvalue weighted by Crippen LogP contribution is -2.35. The number of nitro groups is 2. The van der Waals surface area contributed by atoms with E-state index in [9.17, 15) is 20.2 Å². The molecule has 138 valence electrons. The molecule has 3 aliphatic rings. The van der Waals surface area contributed by atoms with Crippen molar-refractivity contribution in [2.75, 3.05) is 5.32 Å². The van der Waals surface area contributed by atoms with E-state index in [2.05, 4.69) is 5.32 Å². The SMILES string of the molecule is O=[N+]([O-])c1cccc([C@@H]2Nc3ccc([N+](=O)[O-])cc3[C@H]3[C@H]4CC[C@@H](C4)[C@H]32)c1. The molecule has 0 amide bonds. The molecule has 1 aliphatic heterocycles. The van der Waals surface area contributed by atoms with Crippen molar-refractivity contribution >= 4 is 17.1 Å². The van der Waals surface area contributed by atoms with Crippen LogP contribution in [0.3, 0.4) is 0 Å². The number of nitro benzene ring substituents is 2. The zero-order valence-corrected chi connectivity index (χ0v) is 14.6. The van der Waals surface area contributed by atoms with E-state index in [1.165, 1.54) is 18.6 Å². The minimum atomic E-state index is -0.359. The molecule has 0 radical (unpaired) electrons. The molecule has 2 aromatic rings. The monoisotopic (exact) mass is 365 g/mol. The molecule has 5 rings (SSSR count). The summed E-state index contributed by atoms with van der Waals surface area (Å²) in [6, 6.07) is 11.9. The summed E-state index contributed by atoms with van der Waals surface area (Å²) < 4.78 is 0. The van der Waals surface area contributed by atoms with Gasteiger partial charge in [-0.3, -0.25) is 20.2 Å². The third-order valence-corrected chi connectivity index (χ3v) is 6.72. The van der Waals surface area contributed by atoms with Crippen molar-refractivity contribution in [3.63, 3.8) is 0 Å². The summed E-state index contributed by atoms with van der Waals surface area (Å²) in [7, 11) is 0. The van der Waals surface area contributed by atoms with Crippen molar-refractivity contribution in [1.82, 2.24) is 0 Å². The lowest BCUT2D eigenvalue weighted by molar-refractivity contribution is -0.385. The molecule has 1 heterocycles. The third kappa shape index (κ3) is 2.41. The van der Waals surface area contributed by atoms with Crippen molar-refractivity contribution in [2.24, 2.45) is 17.8 Å². The normalized spacial score (nSPS) is 30.3. The van der Waals surface area contributed by atoms with E-state index in [4.69, 9.17) is 0 Å². The fraction of sp³-hybridized carbons (Fsp3) is 0.400. The Morgan fingerprint density at radius 3 is 2.44 bits per heavy atom. The van der Waals surface area contributed by atoms with Crippen molar-refractivity contribution in [3.8, 4) is 0 Å². The summed E-state index contributed by atoms with van der Waals surface area (Å²) in [4.78, 5) is 21.8. The van der Waals surface area contributed by atoms with Crippen LogP contribution in [-0.2, 0) is 0 Å². The first-order valence-corrected chi connectivity index (χ1v) is 9.32. The summed E-state index contributed by atoms with van der Waals surface area (Å²) in [6.45, 7) is 0. The van der Waals surface area contributed by atoms with Gasteiger partial charge < -0.3 is 5.32 Å². The molecule has 2 aromatic carbocycles. The van der Waals surface area contributed by atoms with Gasteiger partial charge in [0.25, 0.3) is 11.4 Å². The highest BCUT2D eigenvalue weighted by atomic mass is 16.6. The fourth-order valence-corrected chi connectivity index (χ4v) is 5.75. The number of fused-ring (bicyclic) bond motifs is 7. The van der Waals surface area contributed by atoms with E-state index in [1.807, 2.05) is 6.07 Å². The summed E-state index contributed by atoms with van der Waals surface area (Å²) in [5.74, 6) is 1.71. The van der Waals surface area contributed by atoms with E-state index in [-0.39, 0.29) is 33.2 Å². The van der Waals surface area contributed by atoms with Crippen molar-refractivity contribution in [2.45, 2.75) is 31.2 Å². The van der Waals surface area contributed by atoms with Crippen LogP contribution in [0.5, 0.6) is 0 Å². The Hall–Kier alpha value is -2.96. The Bertz CT molecular complexity index is 960. The van der Waals surface area contributed by atoms with Crippen LogP contribution in [0.4, 0.5) is 17.1 Å². The van der Waals surface area contributed by atoms with Gasteiger partial charge in [-0.15, -0.1) is 0 Å². The second kappa shape index (κ2) is 5.77. The molecule has 2 bridgehead atoms. The van der Waals surface area contributed by atoms with Crippen LogP contribution in [0.1, 0.15) is 42.3 Å². The molecule has 2 aliphatic carbocycles. The largest absolute Gasteiger partial charge is 0.378 e. The first-order valence-electron chi connectivity index (χ1n) is 9.32. The van der Waals surface area contributed by atoms with E-state index < -0.39 is 0 Å². The lowest BCUT2D eigenvalue weighted by Gasteiger charge is -2.43. The Balaban J connectivity index is 1.62. The van der Waals surface area contributed by atoms with Gasteiger partial charge in [0, 0.05) is 30.0 Å². The summed E-state index contributed by atoms with van der Waals surface area (Å²) >= 11 is 0. The van der Waals surface area contributed by atoms with Crippen molar-refractivity contribution < 1.29 is 9.85 Å². The van der Waals surface area contributed by atoms with Crippen LogP contribution < -0.4 is 5.32 Å². The van der Waals surface area contributed by atoms with Gasteiger partial charge >= 0.3 is 0 Å². The minimum Gasteiger partial charge on any atom is -0.378 e. The van der Waals surface area contributed by atoms with Gasteiger partial charge in [0.15, 0.2) is 0 Å². The highest BCUT2D eigenvalue weighted by Gasteiger charge is 2.54. The minimum absolute atomic E-state index is 0.000781. The number of nitrogens with zero attached hydrogens (tertiary/aromatic N) is 2. The number of non-ortho nitro benzene ring substituents is 2. The van der Waals surface area contributed by atoms with Crippen LogP contribution in [-0.4, -0.2) is 9.85 Å². The molecule has 0 unspecified atom stereocenters. The Kier molecular flexibility index (Phi) is 3.47. The van der Waals surface area contributed by atoms with Crippen LogP contribution in [0.25, 0.3) is 0 Å². The number of hydrogen-bond acceptors (Lipinski definition) is 5. The smallest absolute Gasteiger partial charge is 0.269 e. The van der Waals surface area contributed by atoms with Gasteiger partial charge in [0.2, 0.25) is 0 Å². The molecule has 7 nitrogen and oxygen atoms in total. The molecule has 0 spiro atoms. The van der Waals surface area contributed by atoms with Crippen LogP contribution >= 0.6 is 0 Å². The molecule has 1 N–H and O–H groups in total. The first kappa shape index (κ1) is 16.2. The highest BCUT2D eigenvalue weighted by molar-refractivity contribution is 5.62. The second-order valence-corrected chi connectivity index (χ2v) is 7.94. The Morgan fingerprint density at radius 1 is 0.926 bits per heavy atom. The fourth-order valence-electron chi connectivity index (χ4n) is 5.75. The predicted molar refractivity (Wildman–Crippen MR) is 99.6 cm³/mol. The summed E-state index contributed by atoms with van der Waals surface area (Å²) in [5.41, 5.74) is 3.12. The Labute approximate surface area is 155 Å². The van der Waals surface area contributed by atoms with Gasteiger partial charge in [-0.25, -0.2) is 0 Å². The number of anilines is 1. The molecule has 0 aromatic heterocycles. The van der Waals surface area contributed by atoms with Crippen LogP contribution in [0.15, 0.2) is 42.5 Å². The van der Waals surface area contributed by atoms with E-state index in [1.54, 1.807) is 24.3 Å². The molecule has 2 fully saturated rings. The number of rotatable bonds is 3. The molecule has 27 heavy (non-hydrogen) atoms.